The van der Waals surface area contributed by atoms with Crippen LogP contribution >= 0.6 is 23.2 Å². The minimum Gasteiger partial charge on any atom is -0.355 e. The van der Waals surface area contributed by atoms with Gasteiger partial charge in [0, 0.05) is 37.9 Å². The summed E-state index contributed by atoms with van der Waals surface area (Å²) in [4.78, 5) is 29.1. The zero-order valence-corrected chi connectivity index (χ0v) is 25.4. The third kappa shape index (κ3) is 6.11. The number of carbonyl (C=O) groups is 2. The van der Waals surface area contributed by atoms with E-state index in [0.29, 0.717) is 34.1 Å². The molecule has 1 atom stereocenters. The van der Waals surface area contributed by atoms with E-state index in [1.54, 1.807) is 41.3 Å². The molecule has 1 heterocycles. The predicted molar refractivity (Wildman–Crippen MR) is 167 cm³/mol. The van der Waals surface area contributed by atoms with Crippen LogP contribution in [-0.4, -0.2) is 44.3 Å². The Morgan fingerprint density at radius 1 is 0.905 bits per heavy atom. The molecule has 1 aliphatic heterocycles. The van der Waals surface area contributed by atoms with E-state index in [-0.39, 0.29) is 42.6 Å². The molecule has 0 aliphatic carbocycles. The molecule has 0 unspecified atom stereocenters. The smallest absolute Gasteiger partial charge is 0.265 e. The molecule has 7 nitrogen and oxygen atoms in total. The Morgan fingerprint density at radius 2 is 1.64 bits per heavy atom. The standard InChI is InChI=1S/C32H31Cl2N3O4S/c1-2-35-32(39)28(20-22-9-4-3-5-10-22)36(21-23-16-17-25(33)26(34)19-23)30(38)15-8-18-37-27-13-6-11-24-12-7-14-29(31(24)27)42(37,40)41/h3-7,9-14,16-17,19,28H,2,8,15,18,20-21H2,1H3,(H,35,39)/t28-/m0/s1. The molecule has 218 valence electrons. The number of likely N-dealkylation sites (N-methyl/N-ethyl adjacent to an activating group) is 1. The Labute approximate surface area is 256 Å². The largest absolute Gasteiger partial charge is 0.355 e. The van der Waals surface area contributed by atoms with E-state index in [9.17, 15) is 18.0 Å². The fourth-order valence-electron chi connectivity index (χ4n) is 5.40. The summed E-state index contributed by atoms with van der Waals surface area (Å²) in [5.74, 6) is -0.528. The Balaban J connectivity index is 1.40. The van der Waals surface area contributed by atoms with Crippen molar-refractivity contribution in [1.29, 1.82) is 0 Å². The van der Waals surface area contributed by atoms with Crippen LogP contribution in [0, 0.1) is 0 Å². The lowest BCUT2D eigenvalue weighted by molar-refractivity contribution is -0.141. The number of nitrogens with zero attached hydrogens (tertiary/aromatic N) is 2. The average Bonchev–Trinajstić information content (AvgIpc) is 3.20. The molecule has 4 aromatic carbocycles. The lowest BCUT2D eigenvalue weighted by atomic mass is 10.0. The van der Waals surface area contributed by atoms with E-state index in [0.717, 1.165) is 16.5 Å². The predicted octanol–water partition coefficient (Wildman–Crippen LogP) is 6.21. The summed E-state index contributed by atoms with van der Waals surface area (Å²) in [5, 5.41) is 5.17. The van der Waals surface area contributed by atoms with Crippen LogP contribution in [0.2, 0.25) is 10.0 Å². The monoisotopic (exact) mass is 623 g/mol. The summed E-state index contributed by atoms with van der Waals surface area (Å²) < 4.78 is 28.2. The van der Waals surface area contributed by atoms with Crippen LogP contribution in [0.3, 0.4) is 0 Å². The van der Waals surface area contributed by atoms with E-state index in [1.807, 2.05) is 55.5 Å². The van der Waals surface area contributed by atoms with Crippen LogP contribution in [0.1, 0.15) is 30.9 Å². The average molecular weight is 625 g/mol. The van der Waals surface area contributed by atoms with Gasteiger partial charge in [-0.2, -0.15) is 0 Å². The van der Waals surface area contributed by atoms with Crippen LogP contribution < -0.4 is 9.62 Å². The summed E-state index contributed by atoms with van der Waals surface area (Å²) in [6, 6.07) is 24.6. The molecule has 1 aliphatic rings. The van der Waals surface area contributed by atoms with E-state index in [2.05, 4.69) is 5.32 Å². The van der Waals surface area contributed by atoms with Crippen LogP contribution in [0.15, 0.2) is 89.8 Å². The number of benzene rings is 4. The zero-order valence-electron chi connectivity index (χ0n) is 23.1. The highest BCUT2D eigenvalue weighted by Gasteiger charge is 2.36. The van der Waals surface area contributed by atoms with Crippen LogP contribution in [0.4, 0.5) is 5.69 Å². The number of hydrogen-bond acceptors (Lipinski definition) is 4. The molecule has 0 saturated heterocycles. The van der Waals surface area contributed by atoms with Crippen molar-refractivity contribution in [2.75, 3.05) is 17.4 Å². The SMILES string of the molecule is CCNC(=O)[C@H](Cc1ccccc1)N(Cc1ccc(Cl)c(Cl)c1)C(=O)CCCN1c2cccc3cccc(c23)S1(=O)=O. The molecule has 0 radical (unpaired) electrons. The van der Waals surface area contributed by atoms with Gasteiger partial charge in [0.15, 0.2) is 0 Å². The lowest BCUT2D eigenvalue weighted by Gasteiger charge is -2.32. The van der Waals surface area contributed by atoms with Gasteiger partial charge in [-0.3, -0.25) is 13.9 Å². The quantitative estimate of drug-likeness (QED) is 0.215. The first-order valence-electron chi connectivity index (χ1n) is 13.8. The van der Waals surface area contributed by atoms with E-state index in [4.69, 9.17) is 23.2 Å². The summed E-state index contributed by atoms with van der Waals surface area (Å²) in [7, 11) is -3.73. The molecule has 0 aromatic heterocycles. The number of halogens is 2. The molecule has 0 spiro atoms. The second-order valence-corrected chi connectivity index (χ2v) is 12.8. The van der Waals surface area contributed by atoms with Crippen molar-refractivity contribution >= 4 is 61.5 Å². The van der Waals surface area contributed by atoms with Gasteiger partial charge in [0.2, 0.25) is 11.8 Å². The van der Waals surface area contributed by atoms with Gasteiger partial charge in [-0.25, -0.2) is 8.42 Å². The number of sulfonamides is 1. The van der Waals surface area contributed by atoms with Gasteiger partial charge >= 0.3 is 0 Å². The van der Waals surface area contributed by atoms with Crippen molar-refractivity contribution in [2.24, 2.45) is 0 Å². The molecule has 5 rings (SSSR count). The van der Waals surface area contributed by atoms with Gasteiger partial charge in [0.1, 0.15) is 6.04 Å². The molecular weight excluding hydrogens is 593 g/mol. The molecule has 10 heteroatoms. The minimum absolute atomic E-state index is 0.0460. The van der Waals surface area contributed by atoms with E-state index in [1.165, 1.54) is 4.31 Å². The molecule has 4 aromatic rings. The first kappa shape index (κ1) is 29.9. The summed E-state index contributed by atoms with van der Waals surface area (Å²) in [5.41, 5.74) is 2.26. The van der Waals surface area contributed by atoms with Gasteiger partial charge in [-0.05, 0) is 54.1 Å². The second-order valence-electron chi connectivity index (χ2n) is 10.2. The van der Waals surface area contributed by atoms with Gasteiger partial charge in [0.25, 0.3) is 10.0 Å². The minimum atomic E-state index is -3.73. The Morgan fingerprint density at radius 3 is 2.36 bits per heavy atom. The topological polar surface area (TPSA) is 86.8 Å². The van der Waals surface area contributed by atoms with Gasteiger partial charge in [-0.1, -0.05) is 83.9 Å². The van der Waals surface area contributed by atoms with E-state index < -0.39 is 16.1 Å². The molecular formula is C32H31Cl2N3O4S. The van der Waals surface area contributed by atoms with Crippen molar-refractivity contribution in [3.63, 3.8) is 0 Å². The summed E-state index contributed by atoms with van der Waals surface area (Å²) in [6.45, 7) is 2.51. The van der Waals surface area contributed by atoms with Crippen molar-refractivity contribution < 1.29 is 18.0 Å². The number of nitrogens with one attached hydrogen (secondary N) is 1. The van der Waals surface area contributed by atoms with Crippen LogP contribution in [0.5, 0.6) is 0 Å². The van der Waals surface area contributed by atoms with E-state index >= 15 is 0 Å². The third-order valence-corrected chi connectivity index (χ3v) is 9.99. The van der Waals surface area contributed by atoms with Crippen LogP contribution in [-0.2, 0) is 32.6 Å². The van der Waals surface area contributed by atoms with Gasteiger partial charge in [0.05, 0.1) is 20.6 Å². The molecule has 1 N–H and O–H groups in total. The number of rotatable bonds is 11. The number of hydrogen-bond donors (Lipinski definition) is 1. The highest BCUT2D eigenvalue weighted by molar-refractivity contribution is 7.93. The maximum atomic E-state index is 13.9. The lowest BCUT2D eigenvalue weighted by Crippen LogP contribution is -2.50. The number of amides is 2. The van der Waals surface area contributed by atoms with Crippen molar-refractivity contribution in [2.45, 2.75) is 43.7 Å². The van der Waals surface area contributed by atoms with Gasteiger partial charge < -0.3 is 10.2 Å². The summed E-state index contributed by atoms with van der Waals surface area (Å²) in [6.07, 6.45) is 0.635. The Bertz CT molecular complexity index is 1730. The van der Waals surface area contributed by atoms with Crippen molar-refractivity contribution in [3.05, 3.63) is 106 Å². The highest BCUT2D eigenvalue weighted by atomic mass is 35.5. The Kier molecular flexibility index (Phi) is 9.06. The Hall–Kier alpha value is -3.59. The summed E-state index contributed by atoms with van der Waals surface area (Å²) >= 11 is 12.4. The highest BCUT2D eigenvalue weighted by Crippen LogP contribution is 2.42. The second kappa shape index (κ2) is 12.7. The van der Waals surface area contributed by atoms with Crippen molar-refractivity contribution in [1.82, 2.24) is 10.2 Å². The van der Waals surface area contributed by atoms with Crippen LogP contribution in [0.25, 0.3) is 10.8 Å². The zero-order chi connectivity index (χ0) is 29.9. The first-order chi connectivity index (χ1) is 20.2. The molecule has 2 amide bonds. The molecule has 42 heavy (non-hydrogen) atoms. The number of anilines is 1. The fraction of sp³-hybridized carbons (Fsp3) is 0.250. The first-order valence-corrected chi connectivity index (χ1v) is 16.0. The maximum absolute atomic E-state index is 13.9. The molecule has 0 bridgehead atoms. The normalized spacial score (nSPS) is 14.1. The molecule has 0 saturated carbocycles. The van der Waals surface area contributed by atoms with Gasteiger partial charge in [-0.15, -0.1) is 0 Å². The molecule has 0 fully saturated rings. The fourth-order valence-corrected chi connectivity index (χ4v) is 7.47. The third-order valence-electron chi connectivity index (χ3n) is 7.39. The number of carbonyl (C=O) groups excluding carboxylic acids is 2. The van der Waals surface area contributed by atoms with Crippen molar-refractivity contribution in [3.8, 4) is 0 Å². The maximum Gasteiger partial charge on any atom is 0.265 e.